The first-order chi connectivity index (χ1) is 12.9. The van der Waals surface area contributed by atoms with E-state index in [-0.39, 0.29) is 30.2 Å². The zero-order valence-electron chi connectivity index (χ0n) is 14.7. The second-order valence-electron chi connectivity index (χ2n) is 5.12. The minimum absolute atomic E-state index is 0.0146. The molecule has 0 atom stereocenters. The third-order valence-electron chi connectivity index (χ3n) is 3.39. The molecule has 2 aromatic heterocycles. The van der Waals surface area contributed by atoms with E-state index in [9.17, 15) is 19.2 Å². The van der Waals surface area contributed by atoms with Gasteiger partial charge in [0, 0.05) is 18.0 Å². The van der Waals surface area contributed by atoms with Gasteiger partial charge in [0.2, 0.25) is 0 Å². The number of nitrogens with zero attached hydrogens (tertiary/aromatic N) is 2. The van der Waals surface area contributed by atoms with Gasteiger partial charge in [-0.1, -0.05) is 0 Å². The van der Waals surface area contributed by atoms with Gasteiger partial charge in [-0.3, -0.25) is 20.0 Å². The van der Waals surface area contributed by atoms with Gasteiger partial charge in [-0.05, 0) is 32.0 Å². The molecule has 1 amide bonds. The number of hydrogen-bond acceptors (Lipinski definition) is 8. The van der Waals surface area contributed by atoms with E-state index in [0.717, 1.165) is 6.07 Å². The van der Waals surface area contributed by atoms with Gasteiger partial charge >= 0.3 is 11.9 Å². The van der Waals surface area contributed by atoms with Gasteiger partial charge < -0.3 is 15.2 Å². The zero-order valence-corrected chi connectivity index (χ0v) is 14.7. The van der Waals surface area contributed by atoms with Crippen molar-refractivity contribution in [2.24, 2.45) is 0 Å². The largest absolute Gasteiger partial charge is 0.462 e. The SMILES string of the molecule is CCOC(=O)c1cc(C(=O)OCC)c(=O)n(NC(=O)c2ccncc2)c1N. The van der Waals surface area contributed by atoms with Crippen molar-refractivity contribution in [3.05, 3.63) is 57.6 Å². The van der Waals surface area contributed by atoms with Crippen molar-refractivity contribution in [2.75, 3.05) is 24.4 Å². The molecule has 10 heteroatoms. The molecule has 27 heavy (non-hydrogen) atoms. The third kappa shape index (κ3) is 4.29. The number of carbonyl (C=O) groups is 3. The monoisotopic (exact) mass is 374 g/mol. The van der Waals surface area contributed by atoms with Gasteiger partial charge in [0.15, 0.2) is 0 Å². The first kappa shape index (κ1) is 19.6. The molecule has 0 radical (unpaired) electrons. The molecule has 0 saturated carbocycles. The molecule has 2 aromatic rings. The Hall–Kier alpha value is -3.69. The van der Waals surface area contributed by atoms with Gasteiger partial charge in [0.1, 0.15) is 16.9 Å². The Labute approximate surface area is 153 Å². The predicted molar refractivity (Wildman–Crippen MR) is 95.0 cm³/mol. The summed E-state index contributed by atoms with van der Waals surface area (Å²) >= 11 is 0. The van der Waals surface area contributed by atoms with E-state index in [2.05, 4.69) is 10.4 Å². The van der Waals surface area contributed by atoms with Crippen LogP contribution in [0.3, 0.4) is 0 Å². The number of carbonyl (C=O) groups excluding carboxylic acids is 3. The average Bonchev–Trinajstić information content (AvgIpc) is 2.66. The number of pyridine rings is 2. The summed E-state index contributed by atoms with van der Waals surface area (Å²) in [5.41, 5.74) is 6.66. The maximum Gasteiger partial charge on any atom is 0.343 e. The molecular weight excluding hydrogens is 356 g/mol. The number of esters is 2. The summed E-state index contributed by atoms with van der Waals surface area (Å²) in [6.07, 6.45) is 2.78. The highest BCUT2D eigenvalue weighted by atomic mass is 16.5. The van der Waals surface area contributed by atoms with Gasteiger partial charge in [0.05, 0.1) is 13.2 Å². The number of ether oxygens (including phenoxy) is 2. The molecule has 10 nitrogen and oxygen atoms in total. The maximum absolute atomic E-state index is 12.6. The van der Waals surface area contributed by atoms with Crippen molar-refractivity contribution >= 4 is 23.7 Å². The Kier molecular flexibility index (Phi) is 6.26. The van der Waals surface area contributed by atoms with E-state index < -0.39 is 29.0 Å². The quantitative estimate of drug-likeness (QED) is 0.698. The minimum atomic E-state index is -0.958. The fourth-order valence-corrected chi connectivity index (χ4v) is 2.14. The number of rotatable bonds is 6. The molecule has 2 rings (SSSR count). The summed E-state index contributed by atoms with van der Waals surface area (Å²) < 4.78 is 10.3. The second kappa shape index (κ2) is 8.61. The molecule has 2 heterocycles. The molecule has 0 aliphatic rings. The predicted octanol–water partition coefficient (Wildman–Crippen LogP) is 0.563. The molecule has 0 unspecified atom stereocenters. The molecule has 142 valence electrons. The van der Waals surface area contributed by atoms with Crippen molar-refractivity contribution in [2.45, 2.75) is 13.8 Å². The molecule has 0 aromatic carbocycles. The van der Waals surface area contributed by atoms with Crippen LogP contribution in [0.15, 0.2) is 35.4 Å². The van der Waals surface area contributed by atoms with E-state index in [1.54, 1.807) is 13.8 Å². The highest BCUT2D eigenvalue weighted by molar-refractivity contribution is 6.02. The molecule has 0 aliphatic carbocycles. The van der Waals surface area contributed by atoms with Crippen LogP contribution in [0, 0.1) is 0 Å². The summed E-state index contributed by atoms with van der Waals surface area (Å²) in [5, 5.41) is 0. The lowest BCUT2D eigenvalue weighted by atomic mass is 10.1. The Morgan fingerprint density at radius 2 is 1.63 bits per heavy atom. The van der Waals surface area contributed by atoms with Crippen molar-refractivity contribution < 1.29 is 23.9 Å². The zero-order chi connectivity index (χ0) is 20.0. The van der Waals surface area contributed by atoms with Gasteiger partial charge in [-0.2, -0.15) is 4.68 Å². The first-order valence-corrected chi connectivity index (χ1v) is 8.01. The van der Waals surface area contributed by atoms with Crippen molar-refractivity contribution in [3.8, 4) is 0 Å². The van der Waals surface area contributed by atoms with Crippen LogP contribution in [0.1, 0.15) is 44.9 Å². The summed E-state index contributed by atoms with van der Waals surface area (Å²) in [6.45, 7) is 3.21. The van der Waals surface area contributed by atoms with Crippen LogP contribution in [0.5, 0.6) is 0 Å². The standard InChI is InChI=1S/C17H18N4O6/c1-3-26-16(24)11-9-12(17(25)27-4-2)15(23)21(13(11)18)20-14(22)10-5-7-19-8-6-10/h5-9H,3-4,18H2,1-2H3,(H,20,22). The Morgan fingerprint density at radius 3 is 2.19 bits per heavy atom. The lowest BCUT2D eigenvalue weighted by Gasteiger charge is -2.15. The van der Waals surface area contributed by atoms with Crippen molar-refractivity contribution in [3.63, 3.8) is 0 Å². The van der Waals surface area contributed by atoms with E-state index in [0.29, 0.717) is 4.68 Å². The minimum Gasteiger partial charge on any atom is -0.462 e. The van der Waals surface area contributed by atoms with E-state index >= 15 is 0 Å². The van der Waals surface area contributed by atoms with Gasteiger partial charge in [-0.25, -0.2) is 9.59 Å². The maximum atomic E-state index is 12.6. The fraction of sp³-hybridized carbons (Fsp3) is 0.235. The number of nitrogens with one attached hydrogen (secondary N) is 1. The highest BCUT2D eigenvalue weighted by Crippen LogP contribution is 2.13. The first-order valence-electron chi connectivity index (χ1n) is 8.01. The molecule has 3 N–H and O–H groups in total. The fourth-order valence-electron chi connectivity index (χ4n) is 2.14. The molecule has 0 fully saturated rings. The highest BCUT2D eigenvalue weighted by Gasteiger charge is 2.24. The number of hydrogen-bond donors (Lipinski definition) is 2. The summed E-state index contributed by atoms with van der Waals surface area (Å²) in [7, 11) is 0. The van der Waals surface area contributed by atoms with Crippen molar-refractivity contribution in [1.29, 1.82) is 0 Å². The molecule has 0 aliphatic heterocycles. The lowest BCUT2D eigenvalue weighted by Crippen LogP contribution is -2.39. The number of nitrogens with two attached hydrogens (primary N) is 1. The Morgan fingerprint density at radius 1 is 1.07 bits per heavy atom. The molecular formula is C17H18N4O6. The normalized spacial score (nSPS) is 10.1. The summed E-state index contributed by atoms with van der Waals surface area (Å²) in [5.74, 6) is -2.89. The number of anilines is 1. The van der Waals surface area contributed by atoms with Crippen molar-refractivity contribution in [1.82, 2.24) is 9.66 Å². The van der Waals surface area contributed by atoms with Crippen LogP contribution >= 0.6 is 0 Å². The van der Waals surface area contributed by atoms with Crippen LogP contribution in [0.4, 0.5) is 5.82 Å². The van der Waals surface area contributed by atoms with Gasteiger partial charge in [0.25, 0.3) is 11.5 Å². The van der Waals surface area contributed by atoms with Crippen LogP contribution in [0.25, 0.3) is 0 Å². The smallest absolute Gasteiger partial charge is 0.343 e. The topological polar surface area (TPSA) is 143 Å². The third-order valence-corrected chi connectivity index (χ3v) is 3.39. The number of amides is 1. The lowest BCUT2D eigenvalue weighted by molar-refractivity contribution is 0.0522. The summed E-state index contributed by atoms with van der Waals surface area (Å²) in [6, 6.07) is 3.82. The molecule has 0 spiro atoms. The van der Waals surface area contributed by atoms with E-state index in [1.165, 1.54) is 24.5 Å². The van der Waals surface area contributed by atoms with E-state index in [4.69, 9.17) is 15.2 Å². The average molecular weight is 374 g/mol. The molecule has 0 bridgehead atoms. The number of aromatic nitrogens is 2. The molecule has 0 saturated heterocycles. The second-order valence-corrected chi connectivity index (χ2v) is 5.12. The van der Waals surface area contributed by atoms with Crippen LogP contribution in [-0.4, -0.2) is 40.7 Å². The Balaban J connectivity index is 2.57. The van der Waals surface area contributed by atoms with Crippen LogP contribution in [0.2, 0.25) is 0 Å². The van der Waals surface area contributed by atoms with Crippen LogP contribution < -0.4 is 16.7 Å². The Bertz CT molecular complexity index is 923. The van der Waals surface area contributed by atoms with E-state index in [1.807, 2.05) is 0 Å². The van der Waals surface area contributed by atoms with Crippen LogP contribution in [-0.2, 0) is 9.47 Å². The number of nitrogen functional groups attached to an aromatic ring is 1. The summed E-state index contributed by atoms with van der Waals surface area (Å²) in [4.78, 5) is 52.9. The van der Waals surface area contributed by atoms with Gasteiger partial charge in [-0.15, -0.1) is 0 Å².